The molecule has 0 aliphatic carbocycles. The number of rotatable bonds is 2. The summed E-state index contributed by atoms with van der Waals surface area (Å²) in [5.41, 5.74) is 0. The maximum Gasteiger partial charge on any atom is 0.277 e. The Morgan fingerprint density at radius 3 is 3.00 bits per heavy atom. The molecular formula is C5H10ClO2P. The van der Waals surface area contributed by atoms with Crippen molar-refractivity contribution < 1.29 is 9.05 Å². The second-order valence-corrected chi connectivity index (χ2v) is 3.75. The molecule has 54 valence electrons. The molecular weight excluding hydrogens is 158 g/mol. The van der Waals surface area contributed by atoms with Gasteiger partial charge in [0.2, 0.25) is 0 Å². The zero-order chi connectivity index (χ0) is 6.69. The molecule has 0 amide bonds. The zero-order valence-electron chi connectivity index (χ0n) is 5.34. The van der Waals surface area contributed by atoms with E-state index in [1.165, 1.54) is 0 Å². The molecule has 1 aliphatic rings. The predicted octanol–water partition coefficient (Wildman–Crippen LogP) is 2.67. The van der Waals surface area contributed by atoms with Crippen molar-refractivity contribution in [2.24, 2.45) is 0 Å². The van der Waals surface area contributed by atoms with Gasteiger partial charge in [-0.25, -0.2) is 0 Å². The fraction of sp³-hybridized carbons (Fsp3) is 1.00. The van der Waals surface area contributed by atoms with Gasteiger partial charge in [0.25, 0.3) is 7.73 Å². The highest BCUT2D eigenvalue weighted by Gasteiger charge is 2.23. The van der Waals surface area contributed by atoms with Gasteiger partial charge >= 0.3 is 0 Å². The van der Waals surface area contributed by atoms with Crippen LogP contribution in [0.25, 0.3) is 0 Å². The highest BCUT2D eigenvalue weighted by atomic mass is 35.7. The summed E-state index contributed by atoms with van der Waals surface area (Å²) in [7, 11) is -1.04. The molecule has 1 fully saturated rings. The van der Waals surface area contributed by atoms with E-state index in [0.717, 1.165) is 12.8 Å². The van der Waals surface area contributed by atoms with Crippen LogP contribution in [0, 0.1) is 0 Å². The van der Waals surface area contributed by atoms with E-state index in [4.69, 9.17) is 20.3 Å². The normalized spacial score (nSPS) is 35.3. The lowest BCUT2D eigenvalue weighted by Gasteiger charge is -2.02. The van der Waals surface area contributed by atoms with Crippen LogP contribution in [0.15, 0.2) is 0 Å². The lowest BCUT2D eigenvalue weighted by molar-refractivity contribution is 0.227. The summed E-state index contributed by atoms with van der Waals surface area (Å²) in [5.74, 6) is 0. The molecule has 1 rings (SSSR count). The molecule has 1 aliphatic heterocycles. The van der Waals surface area contributed by atoms with E-state index >= 15 is 0 Å². The smallest absolute Gasteiger partial charge is 0.277 e. The van der Waals surface area contributed by atoms with Crippen molar-refractivity contribution in [2.45, 2.75) is 25.9 Å². The summed E-state index contributed by atoms with van der Waals surface area (Å²) in [5, 5.41) is 0. The van der Waals surface area contributed by atoms with E-state index < -0.39 is 7.73 Å². The summed E-state index contributed by atoms with van der Waals surface area (Å²) in [6, 6.07) is 0. The first-order valence-electron chi connectivity index (χ1n) is 3.08. The van der Waals surface area contributed by atoms with Crippen LogP contribution >= 0.6 is 19.0 Å². The van der Waals surface area contributed by atoms with E-state index in [9.17, 15) is 0 Å². The van der Waals surface area contributed by atoms with Crippen LogP contribution in [-0.4, -0.2) is 12.7 Å². The van der Waals surface area contributed by atoms with Crippen molar-refractivity contribution in [3.8, 4) is 0 Å². The number of hydrogen-bond acceptors (Lipinski definition) is 2. The molecule has 9 heavy (non-hydrogen) atoms. The molecule has 2 nitrogen and oxygen atoms in total. The highest BCUT2D eigenvalue weighted by molar-refractivity contribution is 7.76. The van der Waals surface area contributed by atoms with Gasteiger partial charge in [-0.15, -0.1) is 0 Å². The van der Waals surface area contributed by atoms with Gasteiger partial charge in [0, 0.05) is 0 Å². The van der Waals surface area contributed by atoms with Crippen molar-refractivity contribution in [1.29, 1.82) is 0 Å². The van der Waals surface area contributed by atoms with E-state index in [0.29, 0.717) is 6.61 Å². The summed E-state index contributed by atoms with van der Waals surface area (Å²) in [4.78, 5) is 0. The Balaban J connectivity index is 2.14. The van der Waals surface area contributed by atoms with E-state index in [1.807, 2.05) is 0 Å². The monoisotopic (exact) mass is 168 g/mol. The van der Waals surface area contributed by atoms with E-state index in [2.05, 4.69) is 6.92 Å². The van der Waals surface area contributed by atoms with Gasteiger partial charge in [-0.1, -0.05) is 13.3 Å². The van der Waals surface area contributed by atoms with E-state index in [-0.39, 0.29) is 6.10 Å². The maximum atomic E-state index is 5.56. The average Bonchev–Trinajstić information content (AvgIpc) is 2.17. The summed E-state index contributed by atoms with van der Waals surface area (Å²) < 4.78 is 10.2. The molecule has 2 atom stereocenters. The first-order chi connectivity index (χ1) is 4.33. The first kappa shape index (κ1) is 7.74. The lowest BCUT2D eigenvalue weighted by atomic mass is 10.2. The fourth-order valence-electron chi connectivity index (χ4n) is 0.778. The van der Waals surface area contributed by atoms with Gasteiger partial charge in [0.1, 0.15) is 0 Å². The standard InChI is InChI=1S/C5H10ClO2P/c1-2-3-5-4-7-9(6)8-5/h5H,2-4H2,1H3. The van der Waals surface area contributed by atoms with Crippen molar-refractivity contribution in [3.05, 3.63) is 0 Å². The SMILES string of the molecule is CCCC1COP(Cl)O1. The molecule has 2 unspecified atom stereocenters. The molecule has 0 bridgehead atoms. The molecule has 1 heterocycles. The quantitative estimate of drug-likeness (QED) is 0.591. The Morgan fingerprint density at radius 2 is 2.56 bits per heavy atom. The minimum absolute atomic E-state index is 0.263. The van der Waals surface area contributed by atoms with Crippen LogP contribution in [0.1, 0.15) is 19.8 Å². The van der Waals surface area contributed by atoms with Crippen LogP contribution in [0.5, 0.6) is 0 Å². The fourth-order valence-corrected chi connectivity index (χ4v) is 2.03. The Labute approximate surface area is 61.2 Å². The molecule has 0 spiro atoms. The van der Waals surface area contributed by atoms with Crippen LogP contribution in [-0.2, 0) is 9.05 Å². The molecule has 0 N–H and O–H groups in total. The number of halogens is 1. The molecule has 0 radical (unpaired) electrons. The third-order valence-corrected chi connectivity index (χ3v) is 2.55. The molecule has 0 aromatic rings. The van der Waals surface area contributed by atoms with Gasteiger partial charge < -0.3 is 9.05 Å². The Hall–Kier alpha value is 0.640. The van der Waals surface area contributed by atoms with Crippen LogP contribution < -0.4 is 0 Å². The summed E-state index contributed by atoms with van der Waals surface area (Å²) in [6.45, 7) is 2.81. The van der Waals surface area contributed by atoms with Crippen molar-refractivity contribution >= 4 is 19.0 Å². The second-order valence-electron chi connectivity index (χ2n) is 2.02. The van der Waals surface area contributed by atoms with Gasteiger partial charge in [-0.05, 0) is 17.7 Å². The van der Waals surface area contributed by atoms with Crippen molar-refractivity contribution in [3.63, 3.8) is 0 Å². The molecule has 0 aromatic heterocycles. The zero-order valence-corrected chi connectivity index (χ0v) is 6.99. The first-order valence-corrected chi connectivity index (χ1v) is 5.16. The molecule has 4 heteroatoms. The maximum absolute atomic E-state index is 5.56. The Kier molecular flexibility index (Phi) is 3.20. The van der Waals surface area contributed by atoms with Crippen molar-refractivity contribution in [1.82, 2.24) is 0 Å². The topological polar surface area (TPSA) is 18.5 Å². The van der Waals surface area contributed by atoms with Gasteiger partial charge in [-0.3, -0.25) is 0 Å². The Morgan fingerprint density at radius 1 is 1.78 bits per heavy atom. The third kappa shape index (κ3) is 2.38. The average molecular weight is 169 g/mol. The highest BCUT2D eigenvalue weighted by Crippen LogP contribution is 2.50. The van der Waals surface area contributed by atoms with Gasteiger partial charge in [0.15, 0.2) is 0 Å². The number of hydrogen-bond donors (Lipinski definition) is 0. The van der Waals surface area contributed by atoms with Crippen molar-refractivity contribution in [2.75, 3.05) is 6.61 Å². The van der Waals surface area contributed by atoms with Gasteiger partial charge in [0.05, 0.1) is 12.7 Å². The minimum atomic E-state index is -1.04. The molecule has 0 aromatic carbocycles. The largest absolute Gasteiger partial charge is 0.319 e. The van der Waals surface area contributed by atoms with Crippen LogP contribution in [0.3, 0.4) is 0 Å². The second kappa shape index (κ2) is 3.72. The lowest BCUT2D eigenvalue weighted by Crippen LogP contribution is -2.06. The van der Waals surface area contributed by atoms with Crippen LogP contribution in [0.4, 0.5) is 0 Å². The van der Waals surface area contributed by atoms with Crippen LogP contribution in [0.2, 0.25) is 0 Å². The molecule has 0 saturated carbocycles. The Bertz CT molecular complexity index is 89.0. The van der Waals surface area contributed by atoms with Gasteiger partial charge in [-0.2, -0.15) is 0 Å². The summed E-state index contributed by atoms with van der Waals surface area (Å²) >= 11 is 5.56. The third-order valence-electron chi connectivity index (χ3n) is 1.20. The molecule has 1 saturated heterocycles. The predicted molar refractivity (Wildman–Crippen MR) is 38.5 cm³/mol. The van der Waals surface area contributed by atoms with E-state index in [1.54, 1.807) is 0 Å². The minimum Gasteiger partial charge on any atom is -0.319 e. The summed E-state index contributed by atoms with van der Waals surface area (Å²) in [6.07, 6.45) is 2.46.